The van der Waals surface area contributed by atoms with Crippen LogP contribution in [0.3, 0.4) is 0 Å². The second kappa shape index (κ2) is 7.04. The highest BCUT2D eigenvalue weighted by Gasteiger charge is 2.34. The molecule has 5 heteroatoms. The SMILES string of the molecule is CCNCC1CCN(S(=O)(=O)C2CCCCC2)CC1. The molecule has 0 amide bonds. The maximum absolute atomic E-state index is 12.6. The van der Waals surface area contributed by atoms with Crippen LogP contribution in [0.4, 0.5) is 0 Å². The Morgan fingerprint density at radius 3 is 2.26 bits per heavy atom. The number of sulfonamides is 1. The first-order valence-corrected chi connectivity index (χ1v) is 9.34. The summed E-state index contributed by atoms with van der Waals surface area (Å²) in [6, 6.07) is 0. The number of rotatable bonds is 5. The summed E-state index contributed by atoms with van der Waals surface area (Å²) < 4.78 is 26.9. The van der Waals surface area contributed by atoms with Crippen LogP contribution in [0.1, 0.15) is 51.9 Å². The van der Waals surface area contributed by atoms with Gasteiger partial charge < -0.3 is 5.32 Å². The van der Waals surface area contributed by atoms with Crippen molar-refractivity contribution in [1.82, 2.24) is 9.62 Å². The predicted octanol–water partition coefficient (Wildman–Crippen LogP) is 1.97. The van der Waals surface area contributed by atoms with Gasteiger partial charge in [-0.3, -0.25) is 0 Å². The minimum Gasteiger partial charge on any atom is -0.317 e. The van der Waals surface area contributed by atoms with Gasteiger partial charge in [0.25, 0.3) is 0 Å². The van der Waals surface area contributed by atoms with Crippen molar-refractivity contribution < 1.29 is 8.42 Å². The number of piperidine rings is 1. The lowest BCUT2D eigenvalue weighted by atomic mass is 9.98. The normalized spacial score (nSPS) is 24.7. The second-order valence-corrected chi connectivity index (χ2v) is 8.17. The highest BCUT2D eigenvalue weighted by Crippen LogP contribution is 2.28. The predicted molar refractivity (Wildman–Crippen MR) is 78.6 cm³/mol. The van der Waals surface area contributed by atoms with Crippen molar-refractivity contribution in [2.45, 2.75) is 57.1 Å². The van der Waals surface area contributed by atoms with Crippen LogP contribution in [0, 0.1) is 5.92 Å². The molecule has 1 aliphatic carbocycles. The molecule has 2 rings (SSSR count). The quantitative estimate of drug-likeness (QED) is 0.841. The highest BCUT2D eigenvalue weighted by atomic mass is 32.2. The van der Waals surface area contributed by atoms with Gasteiger partial charge in [0.1, 0.15) is 0 Å². The maximum atomic E-state index is 12.6. The summed E-state index contributed by atoms with van der Waals surface area (Å²) in [5.41, 5.74) is 0. The first-order valence-electron chi connectivity index (χ1n) is 7.84. The molecule has 1 saturated carbocycles. The highest BCUT2D eigenvalue weighted by molar-refractivity contribution is 7.89. The fourth-order valence-corrected chi connectivity index (χ4v) is 5.36. The minimum atomic E-state index is -3.02. The van der Waals surface area contributed by atoms with E-state index >= 15 is 0 Å². The standard InChI is InChI=1S/C14H28N2O2S/c1-2-15-12-13-8-10-16(11-9-13)19(17,18)14-6-4-3-5-7-14/h13-15H,2-12H2,1H3. The molecule has 1 heterocycles. The topological polar surface area (TPSA) is 49.4 Å². The third-order valence-corrected chi connectivity index (χ3v) is 6.99. The Morgan fingerprint density at radius 2 is 1.68 bits per heavy atom. The van der Waals surface area contributed by atoms with Crippen LogP contribution in [0.5, 0.6) is 0 Å². The molecular weight excluding hydrogens is 260 g/mol. The van der Waals surface area contributed by atoms with Crippen LogP contribution in [0.2, 0.25) is 0 Å². The van der Waals surface area contributed by atoms with Gasteiger partial charge >= 0.3 is 0 Å². The van der Waals surface area contributed by atoms with Gasteiger partial charge in [-0.05, 0) is 44.7 Å². The molecule has 0 aromatic rings. The van der Waals surface area contributed by atoms with Gasteiger partial charge in [0.2, 0.25) is 10.0 Å². The van der Waals surface area contributed by atoms with Crippen molar-refractivity contribution in [3.8, 4) is 0 Å². The van der Waals surface area contributed by atoms with Gasteiger partial charge in [0.05, 0.1) is 5.25 Å². The van der Waals surface area contributed by atoms with E-state index in [0.29, 0.717) is 5.92 Å². The molecule has 0 atom stereocenters. The average molecular weight is 288 g/mol. The second-order valence-electron chi connectivity index (χ2n) is 5.96. The molecule has 19 heavy (non-hydrogen) atoms. The van der Waals surface area contributed by atoms with Crippen molar-refractivity contribution >= 4 is 10.0 Å². The Bertz CT molecular complexity index is 356. The third kappa shape index (κ3) is 3.92. The largest absolute Gasteiger partial charge is 0.317 e. The van der Waals surface area contributed by atoms with Gasteiger partial charge in [-0.25, -0.2) is 12.7 Å². The monoisotopic (exact) mass is 288 g/mol. The molecule has 2 aliphatic rings. The van der Waals surface area contributed by atoms with Crippen LogP contribution in [0.15, 0.2) is 0 Å². The fraction of sp³-hybridized carbons (Fsp3) is 1.00. The molecule has 0 radical (unpaired) electrons. The van der Waals surface area contributed by atoms with E-state index in [9.17, 15) is 8.42 Å². The molecule has 0 bridgehead atoms. The molecule has 1 saturated heterocycles. The molecule has 0 unspecified atom stereocenters. The van der Waals surface area contributed by atoms with Crippen molar-refractivity contribution in [3.05, 3.63) is 0 Å². The Morgan fingerprint density at radius 1 is 1.05 bits per heavy atom. The average Bonchev–Trinajstić information content (AvgIpc) is 2.46. The summed E-state index contributed by atoms with van der Waals surface area (Å²) in [5.74, 6) is 0.651. The molecule has 0 spiro atoms. The van der Waals surface area contributed by atoms with Crippen LogP contribution in [0.25, 0.3) is 0 Å². The first kappa shape index (κ1) is 15.3. The Labute approximate surface area is 118 Å². The Hall–Kier alpha value is -0.130. The van der Waals surface area contributed by atoms with Crippen LogP contribution >= 0.6 is 0 Å². The molecule has 0 aromatic heterocycles. The van der Waals surface area contributed by atoms with Gasteiger partial charge in [-0.15, -0.1) is 0 Å². The number of hydrogen-bond acceptors (Lipinski definition) is 3. The molecule has 0 aromatic carbocycles. The zero-order valence-electron chi connectivity index (χ0n) is 12.1. The van der Waals surface area contributed by atoms with Crippen LogP contribution in [-0.2, 0) is 10.0 Å². The summed E-state index contributed by atoms with van der Waals surface area (Å²) in [6.07, 6.45) is 7.15. The maximum Gasteiger partial charge on any atom is 0.216 e. The Kier molecular flexibility index (Phi) is 5.66. The van der Waals surface area contributed by atoms with Crippen molar-refractivity contribution in [1.29, 1.82) is 0 Å². The van der Waals surface area contributed by atoms with E-state index in [1.807, 2.05) is 0 Å². The molecule has 1 aliphatic heterocycles. The summed E-state index contributed by atoms with van der Waals surface area (Å²) in [4.78, 5) is 0. The van der Waals surface area contributed by atoms with Gasteiger partial charge in [0, 0.05) is 13.1 Å². The van der Waals surface area contributed by atoms with Gasteiger partial charge in [-0.2, -0.15) is 0 Å². The van der Waals surface area contributed by atoms with E-state index in [4.69, 9.17) is 0 Å². The van der Waals surface area contributed by atoms with Gasteiger partial charge in [0.15, 0.2) is 0 Å². The van der Waals surface area contributed by atoms with E-state index in [0.717, 1.165) is 64.7 Å². The number of hydrogen-bond donors (Lipinski definition) is 1. The van der Waals surface area contributed by atoms with Crippen molar-refractivity contribution in [3.63, 3.8) is 0 Å². The van der Waals surface area contributed by atoms with E-state index in [1.54, 1.807) is 4.31 Å². The summed E-state index contributed by atoms with van der Waals surface area (Å²) in [6.45, 7) is 5.61. The minimum absolute atomic E-state index is 0.0911. The van der Waals surface area contributed by atoms with Crippen LogP contribution < -0.4 is 5.32 Å². The van der Waals surface area contributed by atoms with Crippen molar-refractivity contribution in [2.24, 2.45) is 5.92 Å². The van der Waals surface area contributed by atoms with Crippen LogP contribution in [-0.4, -0.2) is 44.2 Å². The van der Waals surface area contributed by atoms with E-state index in [1.165, 1.54) is 6.42 Å². The number of nitrogens with zero attached hydrogens (tertiary/aromatic N) is 1. The third-order valence-electron chi connectivity index (χ3n) is 4.59. The van der Waals surface area contributed by atoms with E-state index in [-0.39, 0.29) is 5.25 Å². The zero-order chi connectivity index (χ0) is 13.7. The molecule has 2 fully saturated rings. The summed E-state index contributed by atoms with van der Waals surface area (Å²) in [7, 11) is -3.02. The zero-order valence-corrected chi connectivity index (χ0v) is 12.9. The molecular formula is C14H28N2O2S. The Balaban J connectivity index is 1.85. The molecule has 4 nitrogen and oxygen atoms in total. The summed E-state index contributed by atoms with van der Waals surface area (Å²) >= 11 is 0. The molecule has 112 valence electrons. The fourth-order valence-electron chi connectivity index (χ4n) is 3.29. The molecule has 1 N–H and O–H groups in total. The first-order chi connectivity index (χ1) is 9.14. The summed E-state index contributed by atoms with van der Waals surface area (Å²) in [5, 5.41) is 3.28. The van der Waals surface area contributed by atoms with E-state index in [2.05, 4.69) is 12.2 Å². The lowest BCUT2D eigenvalue weighted by Crippen LogP contribution is -2.45. The lowest BCUT2D eigenvalue weighted by molar-refractivity contribution is 0.264. The van der Waals surface area contributed by atoms with E-state index < -0.39 is 10.0 Å². The smallest absolute Gasteiger partial charge is 0.216 e. The number of nitrogens with one attached hydrogen (secondary N) is 1. The van der Waals surface area contributed by atoms with Gasteiger partial charge in [-0.1, -0.05) is 26.2 Å². The lowest BCUT2D eigenvalue weighted by Gasteiger charge is -2.34. The van der Waals surface area contributed by atoms with Crippen molar-refractivity contribution in [2.75, 3.05) is 26.2 Å².